The minimum atomic E-state index is -0.268. The Morgan fingerprint density at radius 1 is 1.15 bits per heavy atom. The number of nitrogens with zero attached hydrogens (tertiary/aromatic N) is 1. The molecule has 0 aliphatic heterocycles. The second kappa shape index (κ2) is 5.63. The topological polar surface area (TPSA) is 42.0 Å². The van der Waals surface area contributed by atoms with Crippen LogP contribution in [-0.2, 0) is 5.41 Å². The Morgan fingerprint density at radius 2 is 1.80 bits per heavy atom. The summed E-state index contributed by atoms with van der Waals surface area (Å²) in [5.41, 5.74) is 2.36. The number of carbonyl (C=O) groups excluding carboxylic acids is 1. The third kappa shape index (κ3) is 3.58. The zero-order chi connectivity index (χ0) is 14.8. The van der Waals surface area contributed by atoms with Crippen LogP contribution in [0.4, 0.5) is 5.69 Å². The lowest BCUT2D eigenvalue weighted by Gasteiger charge is -2.19. The van der Waals surface area contributed by atoms with Crippen LogP contribution in [0.15, 0.2) is 42.6 Å². The highest BCUT2D eigenvalue weighted by Crippen LogP contribution is 2.23. The van der Waals surface area contributed by atoms with Crippen molar-refractivity contribution in [2.45, 2.75) is 26.2 Å². The van der Waals surface area contributed by atoms with Gasteiger partial charge in [0, 0.05) is 16.9 Å². The van der Waals surface area contributed by atoms with Gasteiger partial charge in [0.05, 0.1) is 0 Å². The molecule has 1 heterocycles. The lowest BCUT2D eigenvalue weighted by molar-refractivity contribution is 0.102. The third-order valence-corrected chi connectivity index (χ3v) is 3.20. The van der Waals surface area contributed by atoms with Gasteiger partial charge in [-0.05, 0) is 35.2 Å². The zero-order valence-electron chi connectivity index (χ0n) is 11.8. The Hall–Kier alpha value is -1.87. The first kappa shape index (κ1) is 14.5. The summed E-state index contributed by atoms with van der Waals surface area (Å²) in [6, 6.07) is 11.0. The number of hydrogen-bond donors (Lipinski definition) is 1. The van der Waals surface area contributed by atoms with Crippen molar-refractivity contribution < 1.29 is 4.79 Å². The number of amides is 1. The molecule has 4 heteroatoms. The quantitative estimate of drug-likeness (QED) is 0.896. The average molecular weight is 289 g/mol. The minimum Gasteiger partial charge on any atom is -0.321 e. The van der Waals surface area contributed by atoms with Crippen molar-refractivity contribution in [1.29, 1.82) is 0 Å². The molecule has 104 valence electrons. The summed E-state index contributed by atoms with van der Waals surface area (Å²) >= 11 is 5.84. The number of hydrogen-bond acceptors (Lipinski definition) is 2. The molecular formula is C16H17ClN2O. The first-order valence-corrected chi connectivity index (χ1v) is 6.77. The lowest BCUT2D eigenvalue weighted by Crippen LogP contribution is -2.14. The van der Waals surface area contributed by atoms with Crippen molar-refractivity contribution in [1.82, 2.24) is 4.98 Å². The van der Waals surface area contributed by atoms with E-state index in [9.17, 15) is 4.79 Å². The molecule has 0 aliphatic carbocycles. The first-order valence-electron chi connectivity index (χ1n) is 6.40. The van der Waals surface area contributed by atoms with Crippen molar-refractivity contribution in [3.63, 3.8) is 0 Å². The molecule has 0 saturated heterocycles. The van der Waals surface area contributed by atoms with Crippen LogP contribution in [-0.4, -0.2) is 10.9 Å². The highest BCUT2D eigenvalue weighted by Gasteiger charge is 2.13. The Morgan fingerprint density at radius 3 is 2.35 bits per heavy atom. The summed E-state index contributed by atoms with van der Waals surface area (Å²) in [7, 11) is 0. The van der Waals surface area contributed by atoms with Crippen LogP contribution in [0.3, 0.4) is 0 Å². The number of nitrogens with one attached hydrogen (secondary N) is 1. The predicted molar refractivity (Wildman–Crippen MR) is 82.3 cm³/mol. The number of halogens is 1. The van der Waals surface area contributed by atoms with Gasteiger partial charge in [-0.25, -0.2) is 0 Å². The van der Waals surface area contributed by atoms with Gasteiger partial charge in [0.1, 0.15) is 5.69 Å². The molecule has 0 saturated carbocycles. The van der Waals surface area contributed by atoms with E-state index in [1.165, 1.54) is 11.8 Å². The van der Waals surface area contributed by atoms with Gasteiger partial charge < -0.3 is 5.32 Å². The van der Waals surface area contributed by atoms with E-state index in [1.54, 1.807) is 12.1 Å². The van der Waals surface area contributed by atoms with Crippen molar-refractivity contribution in [3.8, 4) is 0 Å². The summed E-state index contributed by atoms with van der Waals surface area (Å²) in [6.45, 7) is 6.45. The van der Waals surface area contributed by atoms with Gasteiger partial charge in [-0.15, -0.1) is 0 Å². The molecule has 0 radical (unpaired) electrons. The maximum Gasteiger partial charge on any atom is 0.274 e. The molecule has 0 unspecified atom stereocenters. The van der Waals surface area contributed by atoms with Crippen molar-refractivity contribution in [2.24, 2.45) is 0 Å². The Kier molecular flexibility index (Phi) is 4.09. The fourth-order valence-electron chi connectivity index (χ4n) is 1.78. The Balaban J connectivity index is 2.12. The normalized spacial score (nSPS) is 11.2. The highest BCUT2D eigenvalue weighted by molar-refractivity contribution is 6.30. The van der Waals surface area contributed by atoms with E-state index < -0.39 is 0 Å². The average Bonchev–Trinajstić information content (AvgIpc) is 2.38. The molecule has 0 aliphatic rings. The fraction of sp³-hybridized carbons (Fsp3) is 0.250. The largest absolute Gasteiger partial charge is 0.321 e. The number of benzene rings is 1. The number of carbonyl (C=O) groups is 1. The van der Waals surface area contributed by atoms with E-state index in [0.29, 0.717) is 10.7 Å². The molecule has 1 N–H and O–H groups in total. The third-order valence-electron chi connectivity index (χ3n) is 2.96. The second-order valence-electron chi connectivity index (χ2n) is 5.64. The van der Waals surface area contributed by atoms with E-state index in [2.05, 4.69) is 31.1 Å². The Bertz CT molecular complexity index is 615. The van der Waals surface area contributed by atoms with Crippen molar-refractivity contribution >= 4 is 23.2 Å². The van der Waals surface area contributed by atoms with Gasteiger partial charge in [-0.3, -0.25) is 9.78 Å². The summed E-state index contributed by atoms with van der Waals surface area (Å²) < 4.78 is 0. The standard InChI is InChI=1S/C16H17ClN2O/c1-16(2,3)11-4-6-13(7-5-11)19-15(20)14-10-12(17)8-9-18-14/h4-10H,1-3H3,(H,19,20). The van der Waals surface area contributed by atoms with Crippen LogP contribution in [0.5, 0.6) is 0 Å². The molecule has 20 heavy (non-hydrogen) atoms. The summed E-state index contributed by atoms with van der Waals surface area (Å²) in [4.78, 5) is 16.0. The summed E-state index contributed by atoms with van der Waals surface area (Å²) in [6.07, 6.45) is 1.51. The number of pyridine rings is 1. The molecule has 2 rings (SSSR count). The lowest BCUT2D eigenvalue weighted by atomic mass is 9.87. The predicted octanol–water partition coefficient (Wildman–Crippen LogP) is 4.28. The number of aromatic nitrogens is 1. The SMILES string of the molecule is CC(C)(C)c1ccc(NC(=O)c2cc(Cl)ccn2)cc1. The van der Waals surface area contributed by atoms with Crippen LogP contribution < -0.4 is 5.32 Å². The molecule has 2 aromatic rings. The van der Waals surface area contributed by atoms with Gasteiger partial charge in [0.15, 0.2) is 0 Å². The second-order valence-corrected chi connectivity index (χ2v) is 6.08. The molecule has 1 amide bonds. The van der Waals surface area contributed by atoms with Gasteiger partial charge >= 0.3 is 0 Å². The first-order chi connectivity index (χ1) is 9.36. The molecular weight excluding hydrogens is 272 g/mol. The number of rotatable bonds is 2. The molecule has 1 aromatic heterocycles. The maximum atomic E-state index is 12.0. The van der Waals surface area contributed by atoms with Crippen LogP contribution in [0.2, 0.25) is 5.02 Å². The molecule has 0 atom stereocenters. The van der Waals surface area contributed by atoms with Gasteiger partial charge in [-0.1, -0.05) is 44.5 Å². The van der Waals surface area contributed by atoms with Crippen LogP contribution in [0, 0.1) is 0 Å². The van der Waals surface area contributed by atoms with Crippen LogP contribution in [0.1, 0.15) is 36.8 Å². The Labute approximate surface area is 124 Å². The van der Waals surface area contributed by atoms with Crippen molar-refractivity contribution in [2.75, 3.05) is 5.32 Å². The smallest absolute Gasteiger partial charge is 0.274 e. The van der Waals surface area contributed by atoms with Gasteiger partial charge in [-0.2, -0.15) is 0 Å². The molecule has 0 fully saturated rings. The monoisotopic (exact) mass is 288 g/mol. The van der Waals surface area contributed by atoms with Crippen LogP contribution in [0.25, 0.3) is 0 Å². The van der Waals surface area contributed by atoms with E-state index in [0.717, 1.165) is 5.69 Å². The molecule has 3 nitrogen and oxygen atoms in total. The summed E-state index contributed by atoms with van der Waals surface area (Å²) in [5, 5.41) is 3.30. The maximum absolute atomic E-state index is 12.0. The van der Waals surface area contributed by atoms with Gasteiger partial charge in [0.25, 0.3) is 5.91 Å². The van der Waals surface area contributed by atoms with E-state index in [1.807, 2.05) is 24.3 Å². The number of anilines is 1. The van der Waals surface area contributed by atoms with E-state index >= 15 is 0 Å². The zero-order valence-corrected chi connectivity index (χ0v) is 12.5. The van der Waals surface area contributed by atoms with Crippen LogP contribution >= 0.6 is 11.6 Å². The minimum absolute atomic E-state index is 0.0943. The molecule has 1 aromatic carbocycles. The van der Waals surface area contributed by atoms with E-state index in [-0.39, 0.29) is 11.3 Å². The van der Waals surface area contributed by atoms with Gasteiger partial charge in [0.2, 0.25) is 0 Å². The fourth-order valence-corrected chi connectivity index (χ4v) is 1.94. The van der Waals surface area contributed by atoms with Crippen molar-refractivity contribution in [3.05, 3.63) is 58.9 Å². The summed E-state index contributed by atoms with van der Waals surface area (Å²) in [5.74, 6) is -0.268. The molecule has 0 spiro atoms. The molecule has 0 bridgehead atoms. The van der Waals surface area contributed by atoms with E-state index in [4.69, 9.17) is 11.6 Å². The highest BCUT2D eigenvalue weighted by atomic mass is 35.5.